The third kappa shape index (κ3) is 4.88. The van der Waals surface area contributed by atoms with Crippen LogP contribution in [-0.2, 0) is 0 Å². The zero-order chi connectivity index (χ0) is 13.4. The summed E-state index contributed by atoms with van der Waals surface area (Å²) in [6.07, 6.45) is 4.57. The molecule has 94 valence electrons. The molecular weight excluding hydrogens is 228 g/mol. The SMILES string of the molecule is C#CC(C)NCC(O)COc1ccc(C#N)cc1. The molecular formula is C14H16N2O2. The minimum Gasteiger partial charge on any atom is -0.491 e. The summed E-state index contributed by atoms with van der Waals surface area (Å²) in [5, 5.41) is 21.3. The number of hydrogen-bond donors (Lipinski definition) is 2. The highest BCUT2D eigenvalue weighted by molar-refractivity contribution is 5.34. The lowest BCUT2D eigenvalue weighted by Gasteiger charge is -2.14. The van der Waals surface area contributed by atoms with Gasteiger partial charge in [0.2, 0.25) is 0 Å². The number of nitriles is 1. The van der Waals surface area contributed by atoms with Crippen LogP contribution >= 0.6 is 0 Å². The predicted molar refractivity (Wildman–Crippen MR) is 69.0 cm³/mol. The first-order valence-electron chi connectivity index (χ1n) is 5.66. The van der Waals surface area contributed by atoms with Gasteiger partial charge in [-0.1, -0.05) is 5.92 Å². The molecule has 0 amide bonds. The second-order valence-corrected chi connectivity index (χ2v) is 3.90. The first kappa shape index (κ1) is 14.1. The Balaban J connectivity index is 2.31. The van der Waals surface area contributed by atoms with Gasteiger partial charge < -0.3 is 15.2 Å². The largest absolute Gasteiger partial charge is 0.491 e. The molecule has 2 unspecified atom stereocenters. The summed E-state index contributed by atoms with van der Waals surface area (Å²) in [4.78, 5) is 0. The standard InChI is InChI=1S/C14H16N2O2/c1-3-11(2)16-9-13(17)10-18-14-6-4-12(8-15)5-7-14/h1,4-7,11,13,16-17H,9-10H2,2H3. The molecule has 1 aromatic carbocycles. The summed E-state index contributed by atoms with van der Waals surface area (Å²) in [7, 11) is 0. The Morgan fingerprint density at radius 3 is 2.67 bits per heavy atom. The van der Waals surface area contributed by atoms with Crippen LogP contribution in [0.3, 0.4) is 0 Å². The number of nitrogens with one attached hydrogen (secondary N) is 1. The maximum Gasteiger partial charge on any atom is 0.119 e. The maximum absolute atomic E-state index is 9.65. The van der Waals surface area contributed by atoms with Gasteiger partial charge in [-0.3, -0.25) is 0 Å². The maximum atomic E-state index is 9.65. The lowest BCUT2D eigenvalue weighted by atomic mass is 10.2. The van der Waals surface area contributed by atoms with Crippen molar-refractivity contribution in [1.29, 1.82) is 5.26 Å². The number of aliphatic hydroxyl groups is 1. The van der Waals surface area contributed by atoms with Crippen molar-refractivity contribution < 1.29 is 9.84 Å². The third-order valence-electron chi connectivity index (χ3n) is 2.34. The van der Waals surface area contributed by atoms with Crippen molar-refractivity contribution >= 4 is 0 Å². The van der Waals surface area contributed by atoms with Crippen molar-refractivity contribution in [3.8, 4) is 24.2 Å². The van der Waals surface area contributed by atoms with E-state index in [0.29, 0.717) is 17.9 Å². The van der Waals surface area contributed by atoms with Crippen LogP contribution in [0, 0.1) is 23.7 Å². The highest BCUT2D eigenvalue weighted by Gasteiger charge is 2.06. The van der Waals surface area contributed by atoms with Gasteiger partial charge in [0.1, 0.15) is 18.5 Å². The molecule has 0 heterocycles. The van der Waals surface area contributed by atoms with Crippen LogP contribution in [-0.4, -0.2) is 30.4 Å². The van der Waals surface area contributed by atoms with Crippen molar-refractivity contribution in [2.75, 3.05) is 13.2 Å². The fourth-order valence-electron chi connectivity index (χ4n) is 1.25. The molecule has 4 heteroatoms. The zero-order valence-corrected chi connectivity index (χ0v) is 10.3. The summed E-state index contributed by atoms with van der Waals surface area (Å²) in [6, 6.07) is 8.68. The second kappa shape index (κ2) is 7.34. The molecule has 0 aliphatic heterocycles. The Kier molecular flexibility index (Phi) is 5.73. The van der Waals surface area contributed by atoms with Gasteiger partial charge in [0.15, 0.2) is 0 Å². The Hall–Kier alpha value is -2.01. The van der Waals surface area contributed by atoms with Crippen LogP contribution in [0.25, 0.3) is 0 Å². The number of rotatable bonds is 6. The van der Waals surface area contributed by atoms with Gasteiger partial charge in [-0.15, -0.1) is 6.42 Å². The van der Waals surface area contributed by atoms with Gasteiger partial charge in [-0.05, 0) is 31.2 Å². The Morgan fingerprint density at radius 1 is 1.44 bits per heavy atom. The van der Waals surface area contributed by atoms with E-state index in [0.717, 1.165) is 0 Å². The van der Waals surface area contributed by atoms with E-state index >= 15 is 0 Å². The predicted octanol–water partition coefficient (Wildman–Crippen LogP) is 0.909. The van der Waals surface area contributed by atoms with Crippen molar-refractivity contribution in [3.63, 3.8) is 0 Å². The molecule has 0 saturated carbocycles. The number of hydrogen-bond acceptors (Lipinski definition) is 4. The van der Waals surface area contributed by atoms with E-state index in [2.05, 4.69) is 11.2 Å². The molecule has 18 heavy (non-hydrogen) atoms. The number of benzene rings is 1. The summed E-state index contributed by atoms with van der Waals surface area (Å²) in [6.45, 7) is 2.39. The number of nitrogens with zero attached hydrogens (tertiary/aromatic N) is 1. The fraction of sp³-hybridized carbons (Fsp3) is 0.357. The second-order valence-electron chi connectivity index (χ2n) is 3.90. The fourth-order valence-corrected chi connectivity index (χ4v) is 1.25. The number of ether oxygens (including phenoxy) is 1. The molecule has 0 radical (unpaired) electrons. The topological polar surface area (TPSA) is 65.3 Å². The van der Waals surface area contributed by atoms with E-state index in [1.54, 1.807) is 24.3 Å². The van der Waals surface area contributed by atoms with Gasteiger partial charge in [-0.2, -0.15) is 5.26 Å². The summed E-state index contributed by atoms with van der Waals surface area (Å²) in [5.41, 5.74) is 0.576. The number of aliphatic hydroxyl groups excluding tert-OH is 1. The summed E-state index contributed by atoms with van der Waals surface area (Å²) < 4.78 is 5.38. The van der Waals surface area contributed by atoms with E-state index in [1.165, 1.54) is 0 Å². The van der Waals surface area contributed by atoms with E-state index in [4.69, 9.17) is 16.4 Å². The molecule has 0 fully saturated rings. The Bertz CT molecular complexity index is 442. The molecule has 4 nitrogen and oxygen atoms in total. The third-order valence-corrected chi connectivity index (χ3v) is 2.34. The van der Waals surface area contributed by atoms with E-state index < -0.39 is 6.10 Å². The molecule has 0 bridgehead atoms. The van der Waals surface area contributed by atoms with Gasteiger partial charge in [0.05, 0.1) is 17.7 Å². The van der Waals surface area contributed by atoms with E-state index in [1.807, 2.05) is 13.0 Å². The van der Waals surface area contributed by atoms with Gasteiger partial charge in [0.25, 0.3) is 0 Å². The minimum absolute atomic E-state index is 0.0745. The van der Waals surface area contributed by atoms with Crippen LogP contribution in [0.5, 0.6) is 5.75 Å². The molecule has 1 aromatic rings. The van der Waals surface area contributed by atoms with E-state index in [-0.39, 0.29) is 12.6 Å². The molecule has 0 aromatic heterocycles. The molecule has 2 atom stereocenters. The first-order valence-corrected chi connectivity index (χ1v) is 5.66. The van der Waals surface area contributed by atoms with Gasteiger partial charge in [-0.25, -0.2) is 0 Å². The van der Waals surface area contributed by atoms with Crippen LogP contribution in [0.4, 0.5) is 0 Å². The summed E-state index contributed by atoms with van der Waals surface area (Å²) >= 11 is 0. The van der Waals surface area contributed by atoms with Crippen LogP contribution < -0.4 is 10.1 Å². The lowest BCUT2D eigenvalue weighted by molar-refractivity contribution is 0.105. The van der Waals surface area contributed by atoms with Crippen molar-refractivity contribution in [2.45, 2.75) is 19.1 Å². The number of terminal acetylenes is 1. The molecule has 0 aliphatic carbocycles. The Labute approximate surface area is 107 Å². The van der Waals surface area contributed by atoms with Crippen LogP contribution in [0.1, 0.15) is 12.5 Å². The average molecular weight is 244 g/mol. The van der Waals surface area contributed by atoms with Crippen molar-refractivity contribution in [1.82, 2.24) is 5.32 Å². The van der Waals surface area contributed by atoms with Crippen molar-refractivity contribution in [2.24, 2.45) is 0 Å². The monoisotopic (exact) mass is 244 g/mol. The van der Waals surface area contributed by atoms with Crippen LogP contribution in [0.2, 0.25) is 0 Å². The van der Waals surface area contributed by atoms with Gasteiger partial charge in [0, 0.05) is 6.54 Å². The molecule has 2 N–H and O–H groups in total. The zero-order valence-electron chi connectivity index (χ0n) is 10.3. The van der Waals surface area contributed by atoms with Crippen LogP contribution in [0.15, 0.2) is 24.3 Å². The molecule has 0 saturated heterocycles. The smallest absolute Gasteiger partial charge is 0.119 e. The normalized spacial score (nSPS) is 13.1. The molecule has 0 spiro atoms. The Morgan fingerprint density at radius 2 is 2.11 bits per heavy atom. The minimum atomic E-state index is -0.628. The van der Waals surface area contributed by atoms with Gasteiger partial charge >= 0.3 is 0 Å². The quantitative estimate of drug-likeness (QED) is 0.730. The average Bonchev–Trinajstić information content (AvgIpc) is 2.42. The van der Waals surface area contributed by atoms with Crippen molar-refractivity contribution in [3.05, 3.63) is 29.8 Å². The highest BCUT2D eigenvalue weighted by Crippen LogP contribution is 2.11. The highest BCUT2D eigenvalue weighted by atomic mass is 16.5. The summed E-state index contributed by atoms with van der Waals surface area (Å²) in [5.74, 6) is 3.14. The lowest BCUT2D eigenvalue weighted by Crippen LogP contribution is -2.35. The van der Waals surface area contributed by atoms with E-state index in [9.17, 15) is 5.11 Å². The molecule has 1 rings (SSSR count). The first-order chi connectivity index (χ1) is 8.65. The molecule has 0 aliphatic rings.